The van der Waals surface area contributed by atoms with Gasteiger partial charge in [-0.05, 0) is 79.5 Å². The Morgan fingerprint density at radius 2 is 1.50 bits per heavy atom. The molecular weight excluding hydrogens is 476 g/mol. The number of carbonyl (C=O) groups is 1. The molecule has 4 atom stereocenters. The van der Waals surface area contributed by atoms with E-state index in [9.17, 15) is 20.1 Å². The van der Waals surface area contributed by atoms with Crippen LogP contribution in [0.25, 0.3) is 0 Å². The molecule has 3 aromatic carbocycles. The molecule has 0 saturated heterocycles. The fourth-order valence-electron chi connectivity index (χ4n) is 4.67. The zero-order chi connectivity index (χ0) is 27.5. The molecule has 0 saturated carbocycles. The predicted molar refractivity (Wildman–Crippen MR) is 152 cm³/mol. The summed E-state index contributed by atoms with van der Waals surface area (Å²) < 4.78 is 0. The van der Waals surface area contributed by atoms with Crippen molar-refractivity contribution in [1.82, 2.24) is 5.32 Å². The molecule has 3 aromatic rings. The summed E-state index contributed by atoms with van der Waals surface area (Å²) in [5.41, 5.74) is 11.2. The average molecular weight is 517 g/mol. The van der Waals surface area contributed by atoms with Crippen LogP contribution in [-0.4, -0.2) is 46.0 Å². The maximum atomic E-state index is 13.1. The van der Waals surface area contributed by atoms with Crippen LogP contribution in [0.4, 0.5) is 0 Å². The number of nitrogens with two attached hydrogens (primary N) is 1. The summed E-state index contributed by atoms with van der Waals surface area (Å²) in [6.45, 7) is 4.30. The first-order valence-electron chi connectivity index (χ1n) is 13.2. The first kappa shape index (κ1) is 29.1. The van der Waals surface area contributed by atoms with Crippen molar-refractivity contribution in [2.75, 3.05) is 6.54 Å². The SMILES string of the molecule is Cc1cc(O)cc(C)c1C[C@H](N)[C@@H](O)C/C=C/[C@@H](O)[C@H](Cc1ccccc1)C(=O)NCCc1ccccc1. The Labute approximate surface area is 225 Å². The highest BCUT2D eigenvalue weighted by atomic mass is 16.3. The third kappa shape index (κ3) is 8.84. The zero-order valence-corrected chi connectivity index (χ0v) is 22.3. The van der Waals surface area contributed by atoms with Crippen molar-refractivity contribution in [2.45, 2.75) is 57.8 Å². The molecule has 202 valence electrons. The van der Waals surface area contributed by atoms with Gasteiger partial charge in [-0.25, -0.2) is 0 Å². The van der Waals surface area contributed by atoms with Crippen LogP contribution in [0, 0.1) is 19.8 Å². The normalized spacial score (nSPS) is 14.7. The third-order valence-electron chi connectivity index (χ3n) is 6.93. The minimum atomic E-state index is -1.02. The number of aryl methyl sites for hydroxylation is 2. The van der Waals surface area contributed by atoms with Crippen LogP contribution in [0.5, 0.6) is 5.75 Å². The fourth-order valence-corrected chi connectivity index (χ4v) is 4.67. The zero-order valence-electron chi connectivity index (χ0n) is 22.3. The van der Waals surface area contributed by atoms with Crippen LogP contribution in [0.3, 0.4) is 0 Å². The van der Waals surface area contributed by atoms with E-state index in [4.69, 9.17) is 5.73 Å². The summed E-state index contributed by atoms with van der Waals surface area (Å²) in [5, 5.41) is 34.3. The van der Waals surface area contributed by atoms with E-state index in [0.717, 1.165) is 27.8 Å². The van der Waals surface area contributed by atoms with Crippen molar-refractivity contribution >= 4 is 5.91 Å². The molecule has 0 unspecified atom stereocenters. The molecule has 0 aromatic heterocycles. The lowest BCUT2D eigenvalue weighted by Crippen LogP contribution is -2.39. The molecular formula is C32H40N2O4. The quantitative estimate of drug-likeness (QED) is 0.222. The van der Waals surface area contributed by atoms with Crippen molar-refractivity contribution in [3.8, 4) is 5.75 Å². The fraction of sp³-hybridized carbons (Fsp3) is 0.344. The smallest absolute Gasteiger partial charge is 0.226 e. The monoisotopic (exact) mass is 516 g/mol. The summed E-state index contributed by atoms with van der Waals surface area (Å²) in [6, 6.07) is 22.4. The maximum absolute atomic E-state index is 13.1. The number of benzene rings is 3. The van der Waals surface area contributed by atoms with E-state index in [-0.39, 0.29) is 18.1 Å². The van der Waals surface area contributed by atoms with Crippen LogP contribution in [-0.2, 0) is 24.1 Å². The molecule has 0 spiro atoms. The number of carbonyl (C=O) groups excluding carboxylic acids is 1. The van der Waals surface area contributed by atoms with Crippen LogP contribution in [0.1, 0.15) is 34.2 Å². The van der Waals surface area contributed by atoms with Gasteiger partial charge in [-0.2, -0.15) is 0 Å². The maximum Gasteiger partial charge on any atom is 0.226 e. The van der Waals surface area contributed by atoms with Crippen molar-refractivity contribution in [2.24, 2.45) is 11.7 Å². The molecule has 0 bridgehead atoms. The number of aromatic hydroxyl groups is 1. The lowest BCUT2D eigenvalue weighted by atomic mass is 9.91. The van der Waals surface area contributed by atoms with Gasteiger partial charge in [-0.1, -0.05) is 72.8 Å². The summed E-state index contributed by atoms with van der Waals surface area (Å²) in [6.07, 6.45) is 3.26. The van der Waals surface area contributed by atoms with Gasteiger partial charge in [-0.15, -0.1) is 0 Å². The number of phenols is 1. The summed E-state index contributed by atoms with van der Waals surface area (Å²) in [4.78, 5) is 13.1. The Balaban J connectivity index is 1.59. The van der Waals surface area contributed by atoms with Gasteiger partial charge in [0.1, 0.15) is 5.75 Å². The van der Waals surface area contributed by atoms with E-state index >= 15 is 0 Å². The molecule has 6 N–H and O–H groups in total. The molecule has 3 rings (SSSR count). The Morgan fingerprint density at radius 1 is 0.921 bits per heavy atom. The van der Waals surface area contributed by atoms with Gasteiger partial charge in [0.15, 0.2) is 0 Å². The number of phenolic OH excluding ortho intramolecular Hbond substituents is 1. The first-order chi connectivity index (χ1) is 18.2. The summed E-state index contributed by atoms with van der Waals surface area (Å²) in [5.74, 6) is -0.668. The van der Waals surface area contributed by atoms with Crippen LogP contribution in [0.2, 0.25) is 0 Å². The number of nitrogens with one attached hydrogen (secondary N) is 1. The molecule has 0 aliphatic rings. The topological polar surface area (TPSA) is 116 Å². The van der Waals surface area contributed by atoms with E-state index in [1.807, 2.05) is 74.5 Å². The molecule has 6 heteroatoms. The lowest BCUT2D eigenvalue weighted by molar-refractivity contribution is -0.127. The molecule has 38 heavy (non-hydrogen) atoms. The lowest BCUT2D eigenvalue weighted by Gasteiger charge is -2.22. The number of rotatable bonds is 13. The summed E-state index contributed by atoms with van der Waals surface area (Å²) in [7, 11) is 0. The Hall–Kier alpha value is -3.45. The molecule has 0 radical (unpaired) electrons. The number of hydrogen-bond donors (Lipinski definition) is 5. The van der Waals surface area contributed by atoms with Gasteiger partial charge in [0, 0.05) is 12.6 Å². The molecule has 0 aliphatic carbocycles. The van der Waals surface area contributed by atoms with Crippen LogP contribution in [0.15, 0.2) is 84.9 Å². The highest BCUT2D eigenvalue weighted by Gasteiger charge is 2.25. The van der Waals surface area contributed by atoms with Crippen molar-refractivity contribution in [3.63, 3.8) is 0 Å². The van der Waals surface area contributed by atoms with E-state index < -0.39 is 24.2 Å². The first-order valence-corrected chi connectivity index (χ1v) is 13.2. The molecule has 0 fully saturated rings. The number of aliphatic hydroxyl groups excluding tert-OH is 2. The second-order valence-corrected chi connectivity index (χ2v) is 9.97. The minimum Gasteiger partial charge on any atom is -0.508 e. The predicted octanol–water partition coefficient (Wildman–Crippen LogP) is 3.76. The van der Waals surface area contributed by atoms with Crippen molar-refractivity contribution < 1.29 is 20.1 Å². The second kappa shape index (κ2) is 14.5. The van der Waals surface area contributed by atoms with E-state index in [1.165, 1.54) is 0 Å². The number of aliphatic hydroxyl groups is 2. The van der Waals surface area contributed by atoms with E-state index in [0.29, 0.717) is 25.8 Å². The molecule has 0 aliphatic heterocycles. The average Bonchev–Trinajstić information content (AvgIpc) is 2.90. The Bertz CT molecular complexity index is 1160. The standard InChI is InChI=1S/C32H40N2O4/c1-22-18-26(35)19-23(2)27(22)21-29(33)31(37)15-9-14-30(36)28(20-25-12-7-4-8-13-25)32(38)34-17-16-24-10-5-3-6-11-24/h3-14,18-19,28-31,35-37H,15-17,20-21,33H2,1-2H3,(H,34,38)/b14-9+/t28-,29-,30+,31-/m0/s1. The highest BCUT2D eigenvalue weighted by Crippen LogP contribution is 2.23. The van der Waals surface area contributed by atoms with Crippen molar-refractivity contribution in [3.05, 3.63) is 113 Å². The second-order valence-electron chi connectivity index (χ2n) is 9.97. The molecule has 1 amide bonds. The van der Waals surface area contributed by atoms with Crippen LogP contribution >= 0.6 is 0 Å². The van der Waals surface area contributed by atoms with Gasteiger partial charge in [0.25, 0.3) is 0 Å². The van der Waals surface area contributed by atoms with Gasteiger partial charge < -0.3 is 26.4 Å². The minimum absolute atomic E-state index is 0.211. The highest BCUT2D eigenvalue weighted by molar-refractivity contribution is 5.79. The summed E-state index contributed by atoms with van der Waals surface area (Å²) >= 11 is 0. The van der Waals surface area contributed by atoms with Gasteiger partial charge in [0.05, 0.1) is 18.1 Å². The van der Waals surface area contributed by atoms with Gasteiger partial charge in [0.2, 0.25) is 5.91 Å². The van der Waals surface area contributed by atoms with Gasteiger partial charge in [-0.3, -0.25) is 4.79 Å². The third-order valence-corrected chi connectivity index (χ3v) is 6.93. The largest absolute Gasteiger partial charge is 0.508 e. The Morgan fingerprint density at radius 3 is 2.11 bits per heavy atom. The molecule has 0 heterocycles. The number of hydrogen-bond acceptors (Lipinski definition) is 5. The van der Waals surface area contributed by atoms with Crippen molar-refractivity contribution in [1.29, 1.82) is 0 Å². The van der Waals surface area contributed by atoms with E-state index in [1.54, 1.807) is 24.3 Å². The van der Waals surface area contributed by atoms with Gasteiger partial charge >= 0.3 is 0 Å². The van der Waals surface area contributed by atoms with Crippen LogP contribution < -0.4 is 11.1 Å². The van der Waals surface area contributed by atoms with E-state index in [2.05, 4.69) is 5.32 Å². The Kier molecular flexibility index (Phi) is 11.1. The number of amides is 1. The molecule has 6 nitrogen and oxygen atoms in total.